The van der Waals surface area contributed by atoms with Crippen LogP contribution in [0.4, 0.5) is 0 Å². The van der Waals surface area contributed by atoms with Crippen molar-refractivity contribution in [2.45, 2.75) is 45.4 Å². The first kappa shape index (κ1) is 13.5. The molecule has 0 radical (unpaired) electrons. The van der Waals surface area contributed by atoms with Gasteiger partial charge in [-0.15, -0.1) is 0 Å². The summed E-state index contributed by atoms with van der Waals surface area (Å²) in [4.78, 5) is 8.39. The summed E-state index contributed by atoms with van der Waals surface area (Å²) < 4.78 is 0. The van der Waals surface area contributed by atoms with Crippen molar-refractivity contribution in [2.24, 2.45) is 11.8 Å². The van der Waals surface area contributed by atoms with Crippen LogP contribution in [0.1, 0.15) is 51.0 Å². The topological polar surface area (TPSA) is 37.8 Å². The SMILES string of the molecule is CCNCC1CCC(CC)CC1c1cncnc1. The first-order valence-electron chi connectivity index (χ1n) is 7.30. The van der Waals surface area contributed by atoms with Gasteiger partial charge in [0.05, 0.1) is 0 Å². The molecule has 0 aliphatic heterocycles. The quantitative estimate of drug-likeness (QED) is 0.869. The molecule has 0 saturated heterocycles. The molecular formula is C15H25N3. The summed E-state index contributed by atoms with van der Waals surface area (Å²) in [5.74, 6) is 2.27. The Morgan fingerprint density at radius 1 is 1.22 bits per heavy atom. The van der Waals surface area contributed by atoms with Crippen molar-refractivity contribution < 1.29 is 0 Å². The molecule has 3 atom stereocenters. The average molecular weight is 247 g/mol. The number of nitrogens with one attached hydrogen (secondary N) is 1. The van der Waals surface area contributed by atoms with E-state index >= 15 is 0 Å². The fourth-order valence-corrected chi connectivity index (χ4v) is 3.18. The third kappa shape index (κ3) is 3.29. The van der Waals surface area contributed by atoms with Crippen molar-refractivity contribution in [2.75, 3.05) is 13.1 Å². The molecule has 0 aromatic carbocycles. The fraction of sp³-hybridized carbons (Fsp3) is 0.733. The van der Waals surface area contributed by atoms with E-state index in [-0.39, 0.29) is 0 Å². The zero-order valence-corrected chi connectivity index (χ0v) is 11.6. The summed E-state index contributed by atoms with van der Waals surface area (Å²) in [6.45, 7) is 6.68. The standard InChI is InChI=1S/C15H25N3/c1-3-12-5-6-13(8-16-4-2)15(7-12)14-9-17-11-18-10-14/h9-13,15-16H,3-8H2,1-2H3. The van der Waals surface area contributed by atoms with Gasteiger partial charge in [-0.1, -0.05) is 26.7 Å². The highest BCUT2D eigenvalue weighted by Crippen LogP contribution is 2.40. The summed E-state index contributed by atoms with van der Waals surface area (Å²) in [6.07, 6.45) is 11.0. The predicted octanol–water partition coefficient (Wildman–Crippen LogP) is 3.00. The molecule has 3 unspecified atom stereocenters. The summed E-state index contributed by atoms with van der Waals surface area (Å²) >= 11 is 0. The Labute approximate surface area is 110 Å². The predicted molar refractivity (Wildman–Crippen MR) is 74.4 cm³/mol. The molecule has 18 heavy (non-hydrogen) atoms. The number of nitrogens with zero attached hydrogens (tertiary/aromatic N) is 2. The molecule has 1 aliphatic carbocycles. The number of hydrogen-bond acceptors (Lipinski definition) is 3. The molecule has 0 spiro atoms. The Hall–Kier alpha value is -0.960. The second kappa shape index (κ2) is 6.83. The van der Waals surface area contributed by atoms with E-state index in [0.29, 0.717) is 5.92 Å². The maximum Gasteiger partial charge on any atom is 0.115 e. The lowest BCUT2D eigenvalue weighted by Gasteiger charge is -2.36. The molecule has 1 aromatic heterocycles. The smallest absolute Gasteiger partial charge is 0.115 e. The Balaban J connectivity index is 2.09. The van der Waals surface area contributed by atoms with Crippen LogP contribution in [0.25, 0.3) is 0 Å². The van der Waals surface area contributed by atoms with Gasteiger partial charge in [0.1, 0.15) is 6.33 Å². The van der Waals surface area contributed by atoms with Crippen molar-refractivity contribution in [3.63, 3.8) is 0 Å². The highest BCUT2D eigenvalue weighted by molar-refractivity contribution is 5.13. The van der Waals surface area contributed by atoms with Crippen LogP contribution in [0, 0.1) is 11.8 Å². The molecule has 1 N–H and O–H groups in total. The highest BCUT2D eigenvalue weighted by atomic mass is 14.9. The normalized spacial score (nSPS) is 28.2. The van der Waals surface area contributed by atoms with E-state index in [1.807, 2.05) is 12.4 Å². The average Bonchev–Trinajstić information content (AvgIpc) is 2.46. The van der Waals surface area contributed by atoms with Gasteiger partial charge in [0.15, 0.2) is 0 Å². The number of rotatable bonds is 5. The molecule has 3 heteroatoms. The maximum atomic E-state index is 4.19. The summed E-state index contributed by atoms with van der Waals surface area (Å²) in [6, 6.07) is 0. The minimum absolute atomic E-state index is 0.643. The Morgan fingerprint density at radius 2 is 2.00 bits per heavy atom. The Morgan fingerprint density at radius 3 is 2.67 bits per heavy atom. The molecule has 100 valence electrons. The van der Waals surface area contributed by atoms with E-state index in [1.165, 1.54) is 31.2 Å². The van der Waals surface area contributed by atoms with E-state index in [1.54, 1.807) is 6.33 Å². The Bertz CT molecular complexity index is 339. The third-order valence-electron chi connectivity index (χ3n) is 4.34. The van der Waals surface area contributed by atoms with Gasteiger partial charge in [-0.05, 0) is 49.2 Å². The van der Waals surface area contributed by atoms with E-state index in [9.17, 15) is 0 Å². The largest absolute Gasteiger partial charge is 0.317 e. The van der Waals surface area contributed by atoms with Crippen LogP contribution < -0.4 is 5.32 Å². The molecule has 0 amide bonds. The summed E-state index contributed by atoms with van der Waals surface area (Å²) in [5, 5.41) is 3.51. The lowest BCUT2D eigenvalue weighted by molar-refractivity contribution is 0.226. The van der Waals surface area contributed by atoms with Gasteiger partial charge < -0.3 is 5.32 Å². The van der Waals surface area contributed by atoms with Gasteiger partial charge in [0, 0.05) is 12.4 Å². The van der Waals surface area contributed by atoms with E-state index < -0.39 is 0 Å². The second-order valence-electron chi connectivity index (χ2n) is 5.43. The van der Waals surface area contributed by atoms with E-state index in [2.05, 4.69) is 29.1 Å². The molecule has 1 aliphatic rings. The first-order chi connectivity index (χ1) is 8.85. The zero-order valence-electron chi connectivity index (χ0n) is 11.6. The number of aromatic nitrogens is 2. The van der Waals surface area contributed by atoms with Crippen molar-refractivity contribution in [3.8, 4) is 0 Å². The molecule has 0 bridgehead atoms. The van der Waals surface area contributed by atoms with Gasteiger partial charge in [-0.25, -0.2) is 9.97 Å². The minimum Gasteiger partial charge on any atom is -0.317 e. The van der Waals surface area contributed by atoms with Gasteiger partial charge >= 0.3 is 0 Å². The zero-order chi connectivity index (χ0) is 12.8. The molecule has 1 saturated carbocycles. The van der Waals surface area contributed by atoms with Crippen molar-refractivity contribution >= 4 is 0 Å². The van der Waals surface area contributed by atoms with E-state index in [4.69, 9.17) is 0 Å². The fourth-order valence-electron chi connectivity index (χ4n) is 3.18. The molecule has 2 rings (SSSR count). The molecule has 1 fully saturated rings. The second-order valence-corrected chi connectivity index (χ2v) is 5.43. The molecule has 1 aromatic rings. The molecule has 3 nitrogen and oxygen atoms in total. The van der Waals surface area contributed by atoms with Gasteiger partial charge in [-0.3, -0.25) is 0 Å². The van der Waals surface area contributed by atoms with Gasteiger partial charge in [0.2, 0.25) is 0 Å². The van der Waals surface area contributed by atoms with Crippen LogP contribution in [0.3, 0.4) is 0 Å². The first-order valence-corrected chi connectivity index (χ1v) is 7.30. The monoisotopic (exact) mass is 247 g/mol. The highest BCUT2D eigenvalue weighted by Gasteiger charge is 2.30. The van der Waals surface area contributed by atoms with Crippen LogP contribution in [0.15, 0.2) is 18.7 Å². The minimum atomic E-state index is 0.643. The van der Waals surface area contributed by atoms with E-state index in [0.717, 1.165) is 24.9 Å². The maximum absolute atomic E-state index is 4.19. The Kier molecular flexibility index (Phi) is 5.12. The lowest BCUT2D eigenvalue weighted by atomic mass is 9.71. The van der Waals surface area contributed by atoms with Crippen LogP contribution in [0.5, 0.6) is 0 Å². The van der Waals surface area contributed by atoms with Crippen LogP contribution >= 0.6 is 0 Å². The third-order valence-corrected chi connectivity index (χ3v) is 4.34. The van der Waals surface area contributed by atoms with Crippen molar-refractivity contribution in [1.29, 1.82) is 0 Å². The van der Waals surface area contributed by atoms with Crippen LogP contribution in [-0.4, -0.2) is 23.1 Å². The summed E-state index contributed by atoms with van der Waals surface area (Å²) in [5.41, 5.74) is 1.33. The molecular weight excluding hydrogens is 222 g/mol. The van der Waals surface area contributed by atoms with Crippen molar-refractivity contribution in [1.82, 2.24) is 15.3 Å². The van der Waals surface area contributed by atoms with Gasteiger partial charge in [-0.2, -0.15) is 0 Å². The summed E-state index contributed by atoms with van der Waals surface area (Å²) in [7, 11) is 0. The van der Waals surface area contributed by atoms with Crippen LogP contribution in [-0.2, 0) is 0 Å². The lowest BCUT2D eigenvalue weighted by Crippen LogP contribution is -2.32. The number of hydrogen-bond donors (Lipinski definition) is 1. The van der Waals surface area contributed by atoms with Crippen molar-refractivity contribution in [3.05, 3.63) is 24.3 Å². The van der Waals surface area contributed by atoms with Gasteiger partial charge in [0.25, 0.3) is 0 Å². The molecule has 1 heterocycles. The van der Waals surface area contributed by atoms with Crippen LogP contribution in [0.2, 0.25) is 0 Å².